The first-order chi connectivity index (χ1) is 4.39. The Morgan fingerprint density at radius 3 is 3.00 bits per heavy atom. The van der Waals surface area contributed by atoms with Crippen molar-refractivity contribution >= 4 is 0 Å². The Morgan fingerprint density at radius 1 is 1.22 bits per heavy atom. The smallest absolute Gasteiger partial charge is 0.156 e. The van der Waals surface area contributed by atoms with Crippen LogP contribution < -0.4 is 0 Å². The molecular weight excluding hydrogens is 120 g/mol. The van der Waals surface area contributed by atoms with E-state index in [0.29, 0.717) is 19.6 Å². The first-order valence-electron chi connectivity index (χ1n) is 3.27. The maximum atomic E-state index is 8.91. The Morgan fingerprint density at radius 2 is 2.11 bits per heavy atom. The molecule has 54 valence electrons. The fourth-order valence-corrected chi connectivity index (χ4v) is 0.750. The Kier molecular flexibility index (Phi) is 2.97. The van der Waals surface area contributed by atoms with Crippen LogP contribution in [0.2, 0.25) is 0 Å². The summed E-state index contributed by atoms with van der Waals surface area (Å²) in [6.07, 6.45) is 0.877. The van der Waals surface area contributed by atoms with Crippen molar-refractivity contribution in [2.75, 3.05) is 19.8 Å². The number of aliphatic hydroxyl groups excluding tert-OH is 1. The first kappa shape index (κ1) is 6.99. The summed E-state index contributed by atoms with van der Waals surface area (Å²) in [5.74, 6) is 0. The second-order valence-corrected chi connectivity index (χ2v) is 2.08. The largest absolute Gasteiger partial charge is 0.381 e. The number of hydrogen-bond donors (Lipinski definition) is 1. The predicted molar refractivity (Wildman–Crippen MR) is 32.0 cm³/mol. The van der Waals surface area contributed by atoms with Gasteiger partial charge in [-0.15, -0.1) is 0 Å². The lowest BCUT2D eigenvalue weighted by Crippen LogP contribution is -2.19. The van der Waals surface area contributed by atoms with E-state index < -0.39 is 6.29 Å². The summed E-state index contributed by atoms with van der Waals surface area (Å²) in [6.45, 7) is 1.98. The summed E-state index contributed by atoms with van der Waals surface area (Å²) in [5.41, 5.74) is 0. The highest BCUT2D eigenvalue weighted by Gasteiger charge is 2.05. The molecule has 1 rings (SSSR count). The van der Waals surface area contributed by atoms with Crippen molar-refractivity contribution < 1.29 is 14.6 Å². The van der Waals surface area contributed by atoms with Crippen molar-refractivity contribution in [1.82, 2.24) is 0 Å². The van der Waals surface area contributed by atoms with Crippen molar-refractivity contribution in [3.05, 3.63) is 0 Å². The van der Waals surface area contributed by atoms with E-state index in [1.54, 1.807) is 0 Å². The molecule has 0 aliphatic carbocycles. The molecule has 0 amide bonds. The van der Waals surface area contributed by atoms with Crippen LogP contribution in [0.25, 0.3) is 0 Å². The molecule has 1 fully saturated rings. The third-order valence-corrected chi connectivity index (χ3v) is 1.25. The van der Waals surface area contributed by atoms with Crippen LogP contribution in [0, 0.1) is 0 Å². The third kappa shape index (κ3) is 2.79. The van der Waals surface area contributed by atoms with Crippen LogP contribution in [0.4, 0.5) is 0 Å². The molecule has 1 saturated heterocycles. The SMILES string of the molecule is OC1CCOCCCO1. The Hall–Kier alpha value is -0.120. The zero-order chi connectivity index (χ0) is 6.53. The minimum Gasteiger partial charge on any atom is -0.381 e. The third-order valence-electron chi connectivity index (χ3n) is 1.25. The van der Waals surface area contributed by atoms with Gasteiger partial charge in [-0.2, -0.15) is 0 Å². The second kappa shape index (κ2) is 3.82. The molecule has 0 aromatic carbocycles. The Balaban J connectivity index is 2.12. The molecule has 0 spiro atoms. The summed E-state index contributed by atoms with van der Waals surface area (Å²) < 4.78 is 10.1. The van der Waals surface area contributed by atoms with E-state index in [9.17, 15) is 0 Å². The molecular formula is C6H12O3. The molecule has 1 heterocycles. The quantitative estimate of drug-likeness (QED) is 0.509. The maximum Gasteiger partial charge on any atom is 0.156 e. The van der Waals surface area contributed by atoms with E-state index in [0.717, 1.165) is 13.0 Å². The molecule has 0 saturated carbocycles. The average molecular weight is 132 g/mol. The van der Waals surface area contributed by atoms with Gasteiger partial charge in [-0.05, 0) is 6.42 Å². The van der Waals surface area contributed by atoms with Gasteiger partial charge in [0.25, 0.3) is 0 Å². The van der Waals surface area contributed by atoms with Crippen molar-refractivity contribution in [3.8, 4) is 0 Å². The van der Waals surface area contributed by atoms with Crippen molar-refractivity contribution in [1.29, 1.82) is 0 Å². The van der Waals surface area contributed by atoms with Crippen LogP contribution >= 0.6 is 0 Å². The van der Waals surface area contributed by atoms with E-state index in [4.69, 9.17) is 14.6 Å². The van der Waals surface area contributed by atoms with Gasteiger partial charge in [-0.3, -0.25) is 0 Å². The van der Waals surface area contributed by atoms with Gasteiger partial charge in [0.1, 0.15) is 0 Å². The Labute approximate surface area is 54.6 Å². The van der Waals surface area contributed by atoms with Gasteiger partial charge in [0, 0.05) is 13.0 Å². The summed E-state index contributed by atoms with van der Waals surface area (Å²) in [6, 6.07) is 0. The molecule has 3 nitrogen and oxygen atoms in total. The van der Waals surface area contributed by atoms with Crippen LogP contribution in [-0.2, 0) is 9.47 Å². The molecule has 1 aliphatic heterocycles. The zero-order valence-electron chi connectivity index (χ0n) is 5.38. The molecule has 0 aromatic heterocycles. The fraction of sp³-hybridized carbons (Fsp3) is 1.00. The van der Waals surface area contributed by atoms with Gasteiger partial charge in [0.15, 0.2) is 6.29 Å². The molecule has 0 bridgehead atoms. The monoisotopic (exact) mass is 132 g/mol. The van der Waals surface area contributed by atoms with E-state index in [1.807, 2.05) is 0 Å². The van der Waals surface area contributed by atoms with Crippen LogP contribution in [0.3, 0.4) is 0 Å². The van der Waals surface area contributed by atoms with Crippen LogP contribution in [0.15, 0.2) is 0 Å². The average Bonchev–Trinajstić information content (AvgIpc) is 1.79. The van der Waals surface area contributed by atoms with Gasteiger partial charge in [0.2, 0.25) is 0 Å². The second-order valence-electron chi connectivity index (χ2n) is 2.08. The predicted octanol–water partition coefficient (Wildman–Crippen LogP) is 0.132. The van der Waals surface area contributed by atoms with E-state index in [-0.39, 0.29) is 0 Å². The lowest BCUT2D eigenvalue weighted by Gasteiger charge is -2.15. The normalized spacial score (nSPS) is 31.0. The molecule has 1 atom stereocenters. The van der Waals surface area contributed by atoms with Crippen molar-refractivity contribution in [2.45, 2.75) is 19.1 Å². The highest BCUT2D eigenvalue weighted by molar-refractivity contribution is 4.46. The number of rotatable bonds is 0. The van der Waals surface area contributed by atoms with Crippen LogP contribution in [0.5, 0.6) is 0 Å². The zero-order valence-corrected chi connectivity index (χ0v) is 5.38. The summed E-state index contributed by atoms with van der Waals surface area (Å²) in [5, 5.41) is 8.91. The first-order valence-corrected chi connectivity index (χ1v) is 3.27. The van der Waals surface area contributed by atoms with Crippen molar-refractivity contribution in [2.24, 2.45) is 0 Å². The summed E-state index contributed by atoms with van der Waals surface area (Å²) >= 11 is 0. The highest BCUT2D eigenvalue weighted by atomic mass is 16.6. The number of aliphatic hydroxyl groups is 1. The topological polar surface area (TPSA) is 38.7 Å². The maximum absolute atomic E-state index is 8.91. The van der Waals surface area contributed by atoms with Gasteiger partial charge in [-0.25, -0.2) is 0 Å². The lowest BCUT2D eigenvalue weighted by molar-refractivity contribution is -0.128. The minimum atomic E-state index is -0.606. The van der Waals surface area contributed by atoms with Gasteiger partial charge >= 0.3 is 0 Å². The number of ether oxygens (including phenoxy) is 2. The van der Waals surface area contributed by atoms with Gasteiger partial charge in [0.05, 0.1) is 13.2 Å². The molecule has 3 heteroatoms. The Bertz CT molecular complexity index is 66.7. The van der Waals surface area contributed by atoms with Gasteiger partial charge < -0.3 is 14.6 Å². The minimum absolute atomic E-state index is 0.597. The lowest BCUT2D eigenvalue weighted by atomic mass is 10.4. The number of hydrogen-bond acceptors (Lipinski definition) is 3. The molecule has 1 N–H and O–H groups in total. The standard InChI is InChI=1S/C6H12O3/c7-6-2-5-8-3-1-4-9-6/h6-7H,1-5H2. The molecule has 0 radical (unpaired) electrons. The molecule has 0 aromatic rings. The van der Waals surface area contributed by atoms with Crippen LogP contribution in [-0.4, -0.2) is 31.2 Å². The molecule has 1 aliphatic rings. The van der Waals surface area contributed by atoms with Gasteiger partial charge in [-0.1, -0.05) is 0 Å². The highest BCUT2D eigenvalue weighted by Crippen LogP contribution is 2.00. The molecule has 1 unspecified atom stereocenters. The van der Waals surface area contributed by atoms with E-state index in [2.05, 4.69) is 0 Å². The van der Waals surface area contributed by atoms with E-state index >= 15 is 0 Å². The van der Waals surface area contributed by atoms with E-state index in [1.165, 1.54) is 0 Å². The fourth-order valence-electron chi connectivity index (χ4n) is 0.750. The van der Waals surface area contributed by atoms with Crippen LogP contribution in [0.1, 0.15) is 12.8 Å². The summed E-state index contributed by atoms with van der Waals surface area (Å²) in [7, 11) is 0. The molecule has 9 heavy (non-hydrogen) atoms. The summed E-state index contributed by atoms with van der Waals surface area (Å²) in [4.78, 5) is 0. The van der Waals surface area contributed by atoms with Crippen molar-refractivity contribution in [3.63, 3.8) is 0 Å².